The lowest BCUT2D eigenvalue weighted by atomic mass is 10.2. The number of thioether (sulfide) groups is 1. The van der Waals surface area contributed by atoms with E-state index in [1.54, 1.807) is 12.4 Å². The molecular weight excluding hydrogens is 458 g/mol. The fourth-order valence-corrected chi connectivity index (χ4v) is 4.65. The molecule has 5 aromatic rings. The zero-order valence-corrected chi connectivity index (χ0v) is 19.7. The number of aromatic nitrogens is 6. The summed E-state index contributed by atoms with van der Waals surface area (Å²) in [4.78, 5) is 8.76. The van der Waals surface area contributed by atoms with Crippen molar-refractivity contribution < 1.29 is 5.11 Å². The van der Waals surface area contributed by atoms with Gasteiger partial charge in [-0.1, -0.05) is 54.2 Å². The van der Waals surface area contributed by atoms with Crippen LogP contribution in [-0.2, 0) is 13.6 Å². The third-order valence-electron chi connectivity index (χ3n) is 5.57. The van der Waals surface area contributed by atoms with Crippen molar-refractivity contribution in [2.75, 3.05) is 5.75 Å². The van der Waals surface area contributed by atoms with Crippen molar-refractivity contribution in [2.24, 2.45) is 7.05 Å². The molecule has 0 radical (unpaired) electrons. The summed E-state index contributed by atoms with van der Waals surface area (Å²) in [5.41, 5.74) is 3.73. The highest BCUT2D eigenvalue weighted by molar-refractivity contribution is 7.99. The Bertz CT molecular complexity index is 1550. The summed E-state index contributed by atoms with van der Waals surface area (Å²) in [6, 6.07) is 23.6. The van der Waals surface area contributed by atoms with Crippen molar-refractivity contribution in [1.29, 1.82) is 5.26 Å². The van der Waals surface area contributed by atoms with E-state index in [4.69, 9.17) is 0 Å². The molecule has 0 spiro atoms. The maximum absolute atomic E-state index is 10.9. The van der Waals surface area contributed by atoms with Crippen LogP contribution in [0.1, 0.15) is 11.4 Å². The first kappa shape index (κ1) is 22.4. The third kappa shape index (κ3) is 4.52. The highest BCUT2D eigenvalue weighted by Gasteiger charge is 2.19. The first-order valence-electron chi connectivity index (χ1n) is 10.9. The highest BCUT2D eigenvalue weighted by Crippen LogP contribution is 2.28. The average Bonchev–Trinajstić information content (AvgIpc) is 3.45. The predicted molar refractivity (Wildman–Crippen MR) is 135 cm³/mol. The first-order valence-corrected chi connectivity index (χ1v) is 11.9. The number of imidazole rings is 1. The Morgan fingerprint density at radius 3 is 2.57 bits per heavy atom. The summed E-state index contributed by atoms with van der Waals surface area (Å²) < 4.78 is 3.80. The van der Waals surface area contributed by atoms with Crippen molar-refractivity contribution in [3.05, 3.63) is 96.3 Å². The van der Waals surface area contributed by atoms with Crippen molar-refractivity contribution in [3.63, 3.8) is 0 Å². The van der Waals surface area contributed by atoms with Crippen LogP contribution in [0.15, 0.2) is 90.0 Å². The molecule has 0 bridgehead atoms. The monoisotopic (exact) mass is 479 g/mol. The number of pyridine rings is 1. The quantitative estimate of drug-likeness (QED) is 0.202. The van der Waals surface area contributed by atoms with Crippen LogP contribution in [0.5, 0.6) is 0 Å². The van der Waals surface area contributed by atoms with Crippen LogP contribution in [0, 0.1) is 11.3 Å². The predicted octanol–water partition coefficient (Wildman–Crippen LogP) is 4.86. The minimum absolute atomic E-state index is 0.0619. The van der Waals surface area contributed by atoms with Crippen molar-refractivity contribution in [3.8, 4) is 17.5 Å². The van der Waals surface area contributed by atoms with Gasteiger partial charge in [0.25, 0.3) is 0 Å². The van der Waals surface area contributed by atoms with E-state index in [1.807, 2.05) is 82.9 Å². The number of benzene rings is 2. The number of aliphatic hydroxyl groups is 1. The van der Waals surface area contributed by atoms with Crippen molar-refractivity contribution in [1.82, 2.24) is 29.3 Å². The molecule has 0 saturated carbocycles. The standard InChI is InChI=1S/C26H21N7OS/c1-32-22-12-6-5-11-21(22)29-25(32)20(14-27)23(34)17-35-26-31-30-24(19-10-7-13-28-15-19)33(26)16-18-8-3-2-4-9-18/h2-13,15,34H,16-17H2,1H3/b23-20-. The molecule has 0 saturated heterocycles. The van der Waals surface area contributed by atoms with E-state index in [0.717, 1.165) is 22.2 Å². The molecule has 5 rings (SSSR count). The van der Waals surface area contributed by atoms with E-state index >= 15 is 0 Å². The molecule has 0 aliphatic rings. The largest absolute Gasteiger partial charge is 0.510 e. The molecule has 172 valence electrons. The molecule has 3 heterocycles. The maximum atomic E-state index is 10.9. The zero-order valence-electron chi connectivity index (χ0n) is 18.9. The Hall–Kier alpha value is -4.42. The lowest BCUT2D eigenvalue weighted by Gasteiger charge is -2.11. The van der Waals surface area contributed by atoms with Crippen molar-refractivity contribution >= 4 is 28.4 Å². The van der Waals surface area contributed by atoms with Gasteiger partial charge in [0.05, 0.1) is 23.3 Å². The molecular formula is C26H21N7OS. The van der Waals surface area contributed by atoms with E-state index in [-0.39, 0.29) is 17.1 Å². The number of nitriles is 1. The Kier molecular flexibility index (Phi) is 6.28. The van der Waals surface area contributed by atoms with E-state index < -0.39 is 0 Å². The summed E-state index contributed by atoms with van der Waals surface area (Å²) in [5.74, 6) is 1.19. The van der Waals surface area contributed by atoms with Crippen LogP contribution >= 0.6 is 11.8 Å². The number of fused-ring (bicyclic) bond motifs is 1. The minimum Gasteiger partial charge on any atom is -0.510 e. The Labute approximate surface area is 206 Å². The molecule has 1 N–H and O–H groups in total. The molecule has 35 heavy (non-hydrogen) atoms. The van der Waals surface area contributed by atoms with Crippen LogP contribution in [0.25, 0.3) is 28.0 Å². The van der Waals surface area contributed by atoms with Gasteiger partial charge in [0, 0.05) is 25.0 Å². The molecule has 0 aliphatic heterocycles. The van der Waals surface area contributed by atoms with Crippen LogP contribution in [0.2, 0.25) is 0 Å². The van der Waals surface area contributed by atoms with Crippen LogP contribution in [0.4, 0.5) is 0 Å². The molecule has 0 unspecified atom stereocenters. The summed E-state index contributed by atoms with van der Waals surface area (Å²) >= 11 is 1.31. The average molecular weight is 480 g/mol. The number of para-hydroxylation sites is 2. The summed E-state index contributed by atoms with van der Waals surface area (Å²) in [7, 11) is 1.83. The van der Waals surface area contributed by atoms with Gasteiger partial charge >= 0.3 is 0 Å². The van der Waals surface area contributed by atoms with Crippen LogP contribution < -0.4 is 0 Å². The van der Waals surface area contributed by atoms with E-state index in [1.165, 1.54) is 11.8 Å². The van der Waals surface area contributed by atoms with Gasteiger partial charge in [-0.3, -0.25) is 9.55 Å². The van der Waals surface area contributed by atoms with Gasteiger partial charge in [0.15, 0.2) is 16.8 Å². The second-order valence-corrected chi connectivity index (χ2v) is 8.77. The Morgan fingerprint density at radius 2 is 1.83 bits per heavy atom. The molecule has 3 aromatic heterocycles. The number of nitrogens with zero attached hydrogens (tertiary/aromatic N) is 7. The van der Waals surface area contributed by atoms with Gasteiger partial charge in [-0.25, -0.2) is 4.98 Å². The fourth-order valence-electron chi connectivity index (χ4n) is 3.83. The summed E-state index contributed by atoms with van der Waals surface area (Å²) in [6.45, 7) is 0.556. The minimum atomic E-state index is -0.0619. The van der Waals surface area contributed by atoms with Crippen LogP contribution in [0.3, 0.4) is 0 Å². The number of rotatable bonds is 7. The van der Waals surface area contributed by atoms with Crippen molar-refractivity contribution in [2.45, 2.75) is 11.7 Å². The molecule has 0 fully saturated rings. The zero-order chi connectivity index (χ0) is 24.2. The Morgan fingerprint density at radius 1 is 1.03 bits per heavy atom. The summed E-state index contributed by atoms with van der Waals surface area (Å²) in [6.07, 6.45) is 3.46. The lowest BCUT2D eigenvalue weighted by molar-refractivity contribution is 0.420. The van der Waals surface area contributed by atoms with E-state index in [9.17, 15) is 10.4 Å². The smallest absolute Gasteiger partial charge is 0.192 e. The number of allylic oxidation sites excluding steroid dienone is 1. The number of hydrogen-bond acceptors (Lipinski definition) is 7. The second-order valence-electron chi connectivity index (χ2n) is 7.82. The van der Waals surface area contributed by atoms with Gasteiger partial charge < -0.3 is 9.67 Å². The molecule has 8 nitrogen and oxygen atoms in total. The topological polar surface area (TPSA) is 105 Å². The normalized spacial score (nSPS) is 11.9. The number of aryl methyl sites for hydroxylation is 1. The Balaban J connectivity index is 1.47. The molecule has 0 amide bonds. The van der Waals surface area contributed by atoms with Gasteiger partial charge in [-0.05, 0) is 29.8 Å². The van der Waals surface area contributed by atoms with Crippen LogP contribution in [-0.4, -0.2) is 40.2 Å². The second kappa shape index (κ2) is 9.83. The molecule has 2 aromatic carbocycles. The van der Waals surface area contributed by atoms with E-state index in [0.29, 0.717) is 23.4 Å². The molecule has 0 aliphatic carbocycles. The van der Waals surface area contributed by atoms with Gasteiger partial charge in [-0.15, -0.1) is 10.2 Å². The van der Waals surface area contributed by atoms with Gasteiger partial charge in [0.2, 0.25) is 0 Å². The SMILES string of the molecule is Cn1c(/C(C#N)=C(\O)CSc2nnc(-c3cccnc3)n2Cc2ccccc2)nc2ccccc21. The first-order chi connectivity index (χ1) is 17.2. The lowest BCUT2D eigenvalue weighted by Crippen LogP contribution is -2.05. The van der Waals surface area contributed by atoms with E-state index in [2.05, 4.69) is 26.2 Å². The fraction of sp³-hybridized carbons (Fsp3) is 0.115. The molecule has 0 atom stereocenters. The molecule has 9 heteroatoms. The number of hydrogen-bond donors (Lipinski definition) is 1. The maximum Gasteiger partial charge on any atom is 0.192 e. The summed E-state index contributed by atoms with van der Waals surface area (Å²) in [5, 5.41) is 30.1. The van der Waals surface area contributed by atoms with Gasteiger partial charge in [-0.2, -0.15) is 5.26 Å². The highest BCUT2D eigenvalue weighted by atomic mass is 32.2. The number of aliphatic hydroxyl groups excluding tert-OH is 1. The third-order valence-corrected chi connectivity index (χ3v) is 6.55. The van der Waals surface area contributed by atoms with Gasteiger partial charge in [0.1, 0.15) is 17.4 Å².